The third-order valence-electron chi connectivity index (χ3n) is 2.87. The van der Waals surface area contributed by atoms with Gasteiger partial charge in [0.25, 0.3) is 0 Å². The van der Waals surface area contributed by atoms with E-state index >= 15 is 0 Å². The second kappa shape index (κ2) is 5.88. The Bertz CT molecular complexity index is 541. The van der Waals surface area contributed by atoms with Crippen LogP contribution in [0.2, 0.25) is 0 Å². The highest BCUT2D eigenvalue weighted by Crippen LogP contribution is 2.06. The maximum atomic E-state index is 5.40. The lowest BCUT2D eigenvalue weighted by Crippen LogP contribution is -2.26. The summed E-state index contributed by atoms with van der Waals surface area (Å²) >= 11 is 5.40. The number of nitrogens with zero attached hydrogens (tertiary/aromatic N) is 5. The van der Waals surface area contributed by atoms with Crippen LogP contribution in [0.15, 0.2) is 30.3 Å². The average molecular weight is 263 g/mol. The van der Waals surface area contributed by atoms with E-state index in [-0.39, 0.29) is 0 Å². The summed E-state index contributed by atoms with van der Waals surface area (Å²) in [5.74, 6) is 0. The molecule has 0 N–H and O–H groups in total. The molecule has 0 saturated carbocycles. The van der Waals surface area contributed by atoms with Gasteiger partial charge in [0.15, 0.2) is 0 Å². The van der Waals surface area contributed by atoms with Gasteiger partial charge in [-0.15, -0.1) is 0 Å². The molecule has 1 heterocycles. The zero-order valence-corrected chi connectivity index (χ0v) is 11.5. The Morgan fingerprint density at radius 1 is 1.11 bits per heavy atom. The van der Waals surface area contributed by atoms with E-state index in [4.69, 9.17) is 12.2 Å². The number of para-hydroxylation sites is 1. The number of benzene rings is 1. The molecule has 2 aromatic rings. The summed E-state index contributed by atoms with van der Waals surface area (Å²) < 4.78 is 4.04. The number of rotatable bonds is 5. The molecule has 1 aromatic heterocycles. The van der Waals surface area contributed by atoms with Crippen molar-refractivity contribution in [1.29, 1.82) is 0 Å². The number of hydrogen-bond donors (Lipinski definition) is 0. The van der Waals surface area contributed by atoms with Gasteiger partial charge in [-0.25, -0.2) is 4.68 Å². The molecule has 2 rings (SSSR count). The van der Waals surface area contributed by atoms with Crippen LogP contribution >= 0.6 is 12.2 Å². The molecule has 96 valence electrons. The van der Waals surface area contributed by atoms with Crippen molar-refractivity contribution in [2.45, 2.75) is 20.5 Å². The van der Waals surface area contributed by atoms with Gasteiger partial charge in [0.05, 0.1) is 12.4 Å². The van der Waals surface area contributed by atoms with Crippen molar-refractivity contribution in [1.82, 2.24) is 24.7 Å². The van der Waals surface area contributed by atoms with Gasteiger partial charge in [-0.05, 0) is 47.9 Å². The Labute approximate surface area is 112 Å². The Balaban J connectivity index is 2.27. The Morgan fingerprint density at radius 3 is 2.39 bits per heavy atom. The van der Waals surface area contributed by atoms with Crippen molar-refractivity contribution < 1.29 is 0 Å². The highest BCUT2D eigenvalue weighted by molar-refractivity contribution is 7.71. The summed E-state index contributed by atoms with van der Waals surface area (Å²) in [6, 6.07) is 9.81. The van der Waals surface area contributed by atoms with E-state index < -0.39 is 0 Å². The van der Waals surface area contributed by atoms with E-state index in [1.807, 2.05) is 30.3 Å². The molecule has 1 aromatic carbocycles. The molecule has 0 fully saturated rings. The van der Waals surface area contributed by atoms with Crippen molar-refractivity contribution in [2.75, 3.05) is 13.1 Å². The molecule has 5 nitrogen and oxygen atoms in total. The van der Waals surface area contributed by atoms with Crippen molar-refractivity contribution in [3.63, 3.8) is 0 Å². The van der Waals surface area contributed by atoms with E-state index in [1.165, 1.54) is 0 Å². The molecule has 0 aliphatic heterocycles. The molecular formula is C12H17N5S. The van der Waals surface area contributed by atoms with Gasteiger partial charge in [0.1, 0.15) is 0 Å². The third kappa shape index (κ3) is 2.65. The minimum Gasteiger partial charge on any atom is -0.285 e. The normalized spacial score (nSPS) is 11.1. The van der Waals surface area contributed by atoms with Gasteiger partial charge in [-0.3, -0.25) is 4.90 Å². The highest BCUT2D eigenvalue weighted by atomic mass is 32.1. The third-order valence-corrected chi connectivity index (χ3v) is 3.25. The zero-order chi connectivity index (χ0) is 13.0. The maximum Gasteiger partial charge on any atom is 0.221 e. The fourth-order valence-corrected chi connectivity index (χ4v) is 1.94. The van der Waals surface area contributed by atoms with Crippen LogP contribution in [-0.2, 0) is 6.67 Å². The van der Waals surface area contributed by atoms with Crippen LogP contribution in [0, 0.1) is 4.77 Å². The lowest BCUT2D eigenvalue weighted by atomic mass is 10.3. The Kier molecular flexibility index (Phi) is 4.22. The molecule has 18 heavy (non-hydrogen) atoms. The predicted octanol–water partition coefficient (Wildman–Crippen LogP) is 2.10. The first-order valence-electron chi connectivity index (χ1n) is 6.06. The van der Waals surface area contributed by atoms with E-state index in [2.05, 4.69) is 29.2 Å². The predicted molar refractivity (Wildman–Crippen MR) is 73.1 cm³/mol. The summed E-state index contributed by atoms with van der Waals surface area (Å²) in [4.78, 5) is 2.24. The fourth-order valence-electron chi connectivity index (χ4n) is 1.71. The molecule has 0 aliphatic carbocycles. The van der Waals surface area contributed by atoms with Crippen LogP contribution in [0.25, 0.3) is 5.69 Å². The Morgan fingerprint density at radius 2 is 1.78 bits per heavy atom. The van der Waals surface area contributed by atoms with Crippen LogP contribution in [0.1, 0.15) is 13.8 Å². The first-order chi connectivity index (χ1) is 8.76. The summed E-state index contributed by atoms with van der Waals surface area (Å²) in [5, 5.41) is 8.22. The SMILES string of the molecule is CCN(CC)Cn1nnn(-c2ccccc2)c1=S. The summed E-state index contributed by atoms with van der Waals surface area (Å²) in [6.07, 6.45) is 0. The standard InChI is InChI=1S/C12H17N5S/c1-3-15(4-2)10-16-12(18)17(14-13-16)11-8-6-5-7-9-11/h5-9H,3-4,10H2,1-2H3. The number of hydrogen-bond acceptors (Lipinski definition) is 4. The second-order valence-corrected chi connectivity index (χ2v) is 4.32. The second-order valence-electron chi connectivity index (χ2n) is 3.95. The first-order valence-corrected chi connectivity index (χ1v) is 6.47. The largest absolute Gasteiger partial charge is 0.285 e. The van der Waals surface area contributed by atoms with Crippen molar-refractivity contribution in [3.05, 3.63) is 35.1 Å². The highest BCUT2D eigenvalue weighted by Gasteiger charge is 2.07. The molecule has 0 spiro atoms. The van der Waals surface area contributed by atoms with Crippen LogP contribution < -0.4 is 0 Å². The lowest BCUT2D eigenvalue weighted by molar-refractivity contribution is 0.225. The molecular weight excluding hydrogens is 246 g/mol. The molecule has 0 saturated heterocycles. The fraction of sp³-hybridized carbons (Fsp3) is 0.417. The number of tetrazole rings is 1. The van der Waals surface area contributed by atoms with Crippen LogP contribution in [-0.4, -0.2) is 37.8 Å². The zero-order valence-electron chi connectivity index (χ0n) is 10.7. The van der Waals surface area contributed by atoms with E-state index in [0.29, 0.717) is 11.4 Å². The van der Waals surface area contributed by atoms with E-state index in [9.17, 15) is 0 Å². The quantitative estimate of drug-likeness (QED) is 0.774. The molecule has 0 amide bonds. The molecule has 0 radical (unpaired) electrons. The lowest BCUT2D eigenvalue weighted by Gasteiger charge is -2.16. The van der Waals surface area contributed by atoms with Gasteiger partial charge in [0.2, 0.25) is 4.77 Å². The van der Waals surface area contributed by atoms with Crippen LogP contribution in [0.4, 0.5) is 0 Å². The minimum absolute atomic E-state index is 0.619. The van der Waals surface area contributed by atoms with Gasteiger partial charge in [-0.1, -0.05) is 32.0 Å². The van der Waals surface area contributed by atoms with Gasteiger partial charge in [0, 0.05) is 0 Å². The van der Waals surface area contributed by atoms with E-state index in [0.717, 1.165) is 18.8 Å². The first kappa shape index (κ1) is 12.9. The molecule has 6 heteroatoms. The average Bonchev–Trinajstić information content (AvgIpc) is 2.78. The van der Waals surface area contributed by atoms with Crippen LogP contribution in [0.5, 0.6) is 0 Å². The topological polar surface area (TPSA) is 38.9 Å². The van der Waals surface area contributed by atoms with Gasteiger partial charge in [-0.2, -0.15) is 4.68 Å². The molecule has 0 bridgehead atoms. The Hall–Kier alpha value is -1.53. The van der Waals surface area contributed by atoms with Crippen molar-refractivity contribution in [3.8, 4) is 5.69 Å². The molecule has 0 atom stereocenters. The number of aromatic nitrogens is 4. The van der Waals surface area contributed by atoms with Crippen molar-refractivity contribution >= 4 is 12.2 Å². The maximum absolute atomic E-state index is 5.40. The minimum atomic E-state index is 0.619. The molecule has 0 aliphatic rings. The monoisotopic (exact) mass is 263 g/mol. The van der Waals surface area contributed by atoms with Gasteiger partial charge >= 0.3 is 0 Å². The smallest absolute Gasteiger partial charge is 0.221 e. The van der Waals surface area contributed by atoms with E-state index in [1.54, 1.807) is 9.36 Å². The summed E-state index contributed by atoms with van der Waals surface area (Å²) in [6.45, 7) is 6.86. The van der Waals surface area contributed by atoms with Gasteiger partial charge < -0.3 is 0 Å². The summed E-state index contributed by atoms with van der Waals surface area (Å²) in [5.41, 5.74) is 0.938. The molecule has 0 unspecified atom stereocenters. The van der Waals surface area contributed by atoms with Crippen molar-refractivity contribution in [2.24, 2.45) is 0 Å². The van der Waals surface area contributed by atoms with Crippen LogP contribution in [0.3, 0.4) is 0 Å². The summed E-state index contributed by atoms with van der Waals surface area (Å²) in [7, 11) is 0.